The zero-order valence-corrected chi connectivity index (χ0v) is 18.1. The molecule has 7 nitrogen and oxygen atoms in total. The van der Waals surface area contributed by atoms with Gasteiger partial charge in [0.05, 0.1) is 6.54 Å². The minimum atomic E-state index is -0.370. The van der Waals surface area contributed by atoms with E-state index in [1.165, 1.54) is 9.13 Å². The highest BCUT2D eigenvalue weighted by molar-refractivity contribution is 6.30. The Bertz CT molecular complexity index is 1430. The standard InChI is InChI=1S/C23H22ClN5O2/c1-15-7-3-4-8-16(15)14-29-21(30)19-20(26(2)23(29)31)25-22-27(11-6-12-28(19)22)18-10-5-9-17(24)13-18/h3-5,7-10,13H,6,11-12,14H2,1-2H3. The summed E-state index contributed by atoms with van der Waals surface area (Å²) in [6.45, 7) is 3.63. The zero-order chi connectivity index (χ0) is 21.7. The van der Waals surface area contributed by atoms with Crippen LogP contribution in [0.5, 0.6) is 0 Å². The Hall–Kier alpha value is -3.32. The Kier molecular flexibility index (Phi) is 4.70. The van der Waals surface area contributed by atoms with Crippen LogP contribution in [0.25, 0.3) is 11.2 Å². The van der Waals surface area contributed by atoms with E-state index in [-0.39, 0.29) is 17.8 Å². The van der Waals surface area contributed by atoms with Crippen LogP contribution < -0.4 is 16.1 Å². The first-order valence-corrected chi connectivity index (χ1v) is 10.6. The summed E-state index contributed by atoms with van der Waals surface area (Å²) in [6, 6.07) is 15.4. The summed E-state index contributed by atoms with van der Waals surface area (Å²) < 4.78 is 4.70. The normalized spacial score (nSPS) is 13.6. The molecule has 31 heavy (non-hydrogen) atoms. The molecule has 1 aliphatic rings. The van der Waals surface area contributed by atoms with Gasteiger partial charge in [0.2, 0.25) is 5.95 Å². The largest absolute Gasteiger partial charge is 0.332 e. The smallest absolute Gasteiger partial charge is 0.312 e. The Morgan fingerprint density at radius 1 is 1.06 bits per heavy atom. The third-order valence-electron chi connectivity index (χ3n) is 5.93. The van der Waals surface area contributed by atoms with Crippen molar-refractivity contribution in [2.24, 2.45) is 7.05 Å². The summed E-state index contributed by atoms with van der Waals surface area (Å²) in [4.78, 5) is 33.3. The van der Waals surface area contributed by atoms with E-state index >= 15 is 0 Å². The highest BCUT2D eigenvalue weighted by atomic mass is 35.5. The van der Waals surface area contributed by atoms with Crippen molar-refractivity contribution < 1.29 is 0 Å². The van der Waals surface area contributed by atoms with E-state index in [0.717, 1.165) is 29.8 Å². The van der Waals surface area contributed by atoms with E-state index in [1.54, 1.807) is 7.05 Å². The van der Waals surface area contributed by atoms with Gasteiger partial charge in [-0.1, -0.05) is 41.9 Å². The third kappa shape index (κ3) is 3.16. The van der Waals surface area contributed by atoms with E-state index in [9.17, 15) is 9.59 Å². The predicted molar refractivity (Wildman–Crippen MR) is 123 cm³/mol. The highest BCUT2D eigenvalue weighted by Crippen LogP contribution is 2.32. The van der Waals surface area contributed by atoms with Gasteiger partial charge in [-0.3, -0.25) is 13.9 Å². The van der Waals surface area contributed by atoms with Crippen molar-refractivity contribution in [3.05, 3.63) is 85.5 Å². The Morgan fingerprint density at radius 2 is 1.87 bits per heavy atom. The molecule has 0 bridgehead atoms. The van der Waals surface area contributed by atoms with Gasteiger partial charge in [0.15, 0.2) is 11.2 Å². The maximum Gasteiger partial charge on any atom is 0.332 e. The van der Waals surface area contributed by atoms with Gasteiger partial charge in [-0.05, 0) is 42.7 Å². The Morgan fingerprint density at radius 3 is 2.65 bits per heavy atom. The highest BCUT2D eigenvalue weighted by Gasteiger charge is 2.27. The van der Waals surface area contributed by atoms with Crippen LogP contribution in [0.3, 0.4) is 0 Å². The number of hydrogen-bond donors (Lipinski definition) is 0. The molecule has 0 radical (unpaired) electrons. The topological polar surface area (TPSA) is 65.1 Å². The molecule has 0 amide bonds. The van der Waals surface area contributed by atoms with Crippen molar-refractivity contribution in [2.75, 3.05) is 11.4 Å². The summed E-state index contributed by atoms with van der Waals surface area (Å²) in [5, 5.41) is 0.638. The molecule has 8 heteroatoms. The maximum atomic E-state index is 13.5. The van der Waals surface area contributed by atoms with E-state index in [2.05, 4.69) is 0 Å². The quantitative estimate of drug-likeness (QED) is 0.494. The van der Waals surface area contributed by atoms with Crippen molar-refractivity contribution in [1.29, 1.82) is 0 Å². The van der Waals surface area contributed by atoms with Gasteiger partial charge in [0.25, 0.3) is 5.56 Å². The molecular weight excluding hydrogens is 414 g/mol. The number of aryl methyl sites for hydroxylation is 3. The van der Waals surface area contributed by atoms with Gasteiger partial charge in [-0.15, -0.1) is 0 Å². The Labute approximate surface area is 183 Å². The lowest BCUT2D eigenvalue weighted by Gasteiger charge is -2.29. The summed E-state index contributed by atoms with van der Waals surface area (Å²) in [5.74, 6) is 0.657. The second kappa shape index (κ2) is 7.42. The third-order valence-corrected chi connectivity index (χ3v) is 6.16. The van der Waals surface area contributed by atoms with Crippen LogP contribution in [0, 0.1) is 6.92 Å². The second-order valence-electron chi connectivity index (χ2n) is 7.88. The molecule has 0 aliphatic carbocycles. The van der Waals surface area contributed by atoms with Crippen molar-refractivity contribution in [1.82, 2.24) is 18.7 Å². The monoisotopic (exact) mass is 435 g/mol. The van der Waals surface area contributed by atoms with Gasteiger partial charge >= 0.3 is 5.69 Å². The summed E-state index contributed by atoms with van der Waals surface area (Å²) in [6.07, 6.45) is 0.852. The number of hydrogen-bond acceptors (Lipinski definition) is 4. The molecule has 1 aliphatic heterocycles. The number of anilines is 2. The van der Waals surface area contributed by atoms with Crippen molar-refractivity contribution >= 4 is 34.4 Å². The summed E-state index contributed by atoms with van der Waals surface area (Å²) in [7, 11) is 1.67. The van der Waals surface area contributed by atoms with Gasteiger partial charge in [-0.2, -0.15) is 4.98 Å². The number of rotatable bonds is 3. The fourth-order valence-electron chi connectivity index (χ4n) is 4.25. The van der Waals surface area contributed by atoms with Crippen molar-refractivity contribution in [3.63, 3.8) is 0 Å². The number of halogens is 1. The molecule has 0 unspecified atom stereocenters. The molecule has 158 valence electrons. The van der Waals surface area contributed by atoms with Gasteiger partial charge in [0, 0.05) is 30.8 Å². The van der Waals surface area contributed by atoms with Gasteiger partial charge < -0.3 is 9.47 Å². The fraction of sp³-hybridized carbons (Fsp3) is 0.261. The van der Waals surface area contributed by atoms with E-state index < -0.39 is 0 Å². The number of aromatic nitrogens is 4. The minimum Gasteiger partial charge on any atom is -0.312 e. The predicted octanol–water partition coefficient (Wildman–Crippen LogP) is 3.45. The van der Waals surface area contributed by atoms with Crippen molar-refractivity contribution in [2.45, 2.75) is 26.4 Å². The van der Waals surface area contributed by atoms with E-state index in [1.807, 2.05) is 64.9 Å². The van der Waals surface area contributed by atoms with Crippen LogP contribution in [0.4, 0.5) is 11.6 Å². The fourth-order valence-corrected chi connectivity index (χ4v) is 4.44. The maximum absolute atomic E-state index is 13.5. The lowest BCUT2D eigenvalue weighted by molar-refractivity contribution is 0.597. The van der Waals surface area contributed by atoms with Crippen LogP contribution in [0.15, 0.2) is 58.1 Å². The van der Waals surface area contributed by atoms with Crippen LogP contribution in [0.1, 0.15) is 17.5 Å². The number of nitrogens with zero attached hydrogens (tertiary/aromatic N) is 5. The Balaban J connectivity index is 1.72. The van der Waals surface area contributed by atoms with Crippen LogP contribution >= 0.6 is 11.6 Å². The number of imidazole rings is 1. The SMILES string of the molecule is Cc1ccccc1Cn1c(=O)c2c(nc3n2CCCN3c2cccc(Cl)c2)n(C)c1=O. The lowest BCUT2D eigenvalue weighted by Crippen LogP contribution is -2.40. The second-order valence-corrected chi connectivity index (χ2v) is 8.32. The molecule has 3 heterocycles. The molecule has 0 spiro atoms. The zero-order valence-electron chi connectivity index (χ0n) is 17.4. The summed E-state index contributed by atoms with van der Waals surface area (Å²) >= 11 is 6.20. The lowest BCUT2D eigenvalue weighted by atomic mass is 10.1. The molecular formula is C23H22ClN5O2. The first-order valence-electron chi connectivity index (χ1n) is 10.2. The first-order chi connectivity index (χ1) is 15.0. The molecule has 0 N–H and O–H groups in total. The van der Waals surface area contributed by atoms with Crippen LogP contribution in [0.2, 0.25) is 5.02 Å². The average Bonchev–Trinajstić information content (AvgIpc) is 3.16. The molecule has 2 aromatic heterocycles. The van der Waals surface area contributed by atoms with Crippen molar-refractivity contribution in [3.8, 4) is 0 Å². The van der Waals surface area contributed by atoms with E-state index in [0.29, 0.717) is 28.7 Å². The minimum absolute atomic E-state index is 0.229. The number of fused-ring (bicyclic) bond motifs is 3. The molecule has 0 saturated heterocycles. The summed E-state index contributed by atoms with van der Waals surface area (Å²) in [5.41, 5.74) is 3.07. The average molecular weight is 436 g/mol. The molecule has 5 rings (SSSR count). The van der Waals surface area contributed by atoms with Gasteiger partial charge in [-0.25, -0.2) is 4.79 Å². The van der Waals surface area contributed by atoms with Crippen LogP contribution in [-0.2, 0) is 20.1 Å². The molecule has 2 aromatic carbocycles. The molecule has 4 aromatic rings. The molecule has 0 saturated carbocycles. The van der Waals surface area contributed by atoms with Crippen LogP contribution in [-0.4, -0.2) is 25.2 Å². The molecule has 0 fully saturated rings. The first kappa shape index (κ1) is 19.6. The van der Waals surface area contributed by atoms with Gasteiger partial charge in [0.1, 0.15) is 0 Å². The molecule has 0 atom stereocenters. The number of benzene rings is 2. The van der Waals surface area contributed by atoms with E-state index in [4.69, 9.17) is 16.6 Å².